The van der Waals surface area contributed by atoms with Crippen LogP contribution in [0.1, 0.15) is 24.3 Å². The minimum atomic E-state index is -0.176. The van der Waals surface area contributed by atoms with Gasteiger partial charge in [0, 0.05) is 6.42 Å². The van der Waals surface area contributed by atoms with E-state index in [0.717, 1.165) is 6.42 Å². The Kier molecular flexibility index (Phi) is 7.60. The smallest absolute Gasteiger partial charge is 0.305 e. The Balaban J connectivity index is 0.00000225. The highest BCUT2D eigenvalue weighted by Gasteiger charge is 2.11. The van der Waals surface area contributed by atoms with E-state index in [1.165, 1.54) is 12.7 Å². The number of carbonyl (C=O) groups is 1. The van der Waals surface area contributed by atoms with Gasteiger partial charge in [0.25, 0.3) is 0 Å². The number of esters is 1. The zero-order valence-corrected chi connectivity index (χ0v) is 10.2. The molecule has 1 rings (SSSR count). The van der Waals surface area contributed by atoms with Crippen LogP contribution in [0.4, 0.5) is 0 Å². The van der Waals surface area contributed by atoms with Crippen molar-refractivity contribution in [2.24, 2.45) is 5.73 Å². The summed E-state index contributed by atoms with van der Waals surface area (Å²) in [6.45, 7) is 0.557. The van der Waals surface area contributed by atoms with Crippen molar-refractivity contribution in [1.29, 1.82) is 0 Å². The predicted octanol–water partition coefficient (Wildman–Crippen LogP) is 2.10. The average molecular weight is 244 g/mol. The van der Waals surface area contributed by atoms with Crippen molar-refractivity contribution in [3.63, 3.8) is 0 Å². The van der Waals surface area contributed by atoms with Gasteiger partial charge >= 0.3 is 5.97 Å². The Bertz CT molecular complexity index is 303. The van der Waals surface area contributed by atoms with Gasteiger partial charge in [-0.3, -0.25) is 4.79 Å². The van der Waals surface area contributed by atoms with Gasteiger partial charge in [0.15, 0.2) is 0 Å². The van der Waals surface area contributed by atoms with Gasteiger partial charge in [0.1, 0.15) is 0 Å². The third-order valence-electron chi connectivity index (χ3n) is 2.48. The van der Waals surface area contributed by atoms with Crippen LogP contribution >= 0.6 is 12.4 Å². The molecular formula is C12H18ClNO2. The molecule has 0 saturated heterocycles. The number of benzene rings is 1. The molecule has 1 atom stereocenters. The minimum absolute atomic E-state index is 0. The molecule has 0 spiro atoms. The van der Waals surface area contributed by atoms with Gasteiger partial charge in [-0.25, -0.2) is 0 Å². The van der Waals surface area contributed by atoms with Crippen molar-refractivity contribution in [3.8, 4) is 0 Å². The summed E-state index contributed by atoms with van der Waals surface area (Å²) < 4.78 is 4.60. The second kappa shape index (κ2) is 8.13. The lowest BCUT2D eigenvalue weighted by Gasteiger charge is -2.13. The standard InChI is InChI=1S/C12H17NO2.ClH/c1-15-12(14)8-7-11(9-13)10-5-3-2-4-6-10;/h2-6,11H,7-9,13H2,1H3;1H. The van der Waals surface area contributed by atoms with E-state index in [0.29, 0.717) is 13.0 Å². The van der Waals surface area contributed by atoms with Gasteiger partial charge in [0.05, 0.1) is 7.11 Å². The molecule has 0 bridgehead atoms. The Morgan fingerprint density at radius 2 is 2.00 bits per heavy atom. The van der Waals surface area contributed by atoms with Crippen molar-refractivity contribution >= 4 is 18.4 Å². The summed E-state index contributed by atoms with van der Waals surface area (Å²) in [6, 6.07) is 10.0. The number of nitrogens with two attached hydrogens (primary N) is 1. The molecule has 2 N–H and O–H groups in total. The molecule has 0 aromatic heterocycles. The van der Waals surface area contributed by atoms with E-state index in [1.807, 2.05) is 30.3 Å². The normalized spacial score (nSPS) is 11.4. The highest BCUT2D eigenvalue weighted by Crippen LogP contribution is 2.19. The third kappa shape index (κ3) is 4.64. The van der Waals surface area contributed by atoms with Gasteiger partial charge < -0.3 is 10.5 Å². The Morgan fingerprint density at radius 3 is 2.50 bits per heavy atom. The van der Waals surface area contributed by atoms with Gasteiger partial charge in [-0.2, -0.15) is 0 Å². The van der Waals surface area contributed by atoms with E-state index < -0.39 is 0 Å². The summed E-state index contributed by atoms with van der Waals surface area (Å²) in [7, 11) is 1.41. The molecule has 0 aliphatic rings. The second-order valence-corrected chi connectivity index (χ2v) is 3.46. The van der Waals surface area contributed by atoms with Crippen LogP contribution in [-0.4, -0.2) is 19.6 Å². The Hall–Kier alpha value is -1.06. The first-order chi connectivity index (χ1) is 7.27. The monoisotopic (exact) mass is 243 g/mol. The zero-order valence-electron chi connectivity index (χ0n) is 9.39. The predicted molar refractivity (Wildman–Crippen MR) is 66.7 cm³/mol. The first-order valence-corrected chi connectivity index (χ1v) is 5.09. The number of ether oxygens (including phenoxy) is 1. The molecule has 0 aliphatic carbocycles. The Labute approximate surface area is 102 Å². The summed E-state index contributed by atoms with van der Waals surface area (Å²) >= 11 is 0. The molecule has 90 valence electrons. The SMILES string of the molecule is COC(=O)CCC(CN)c1ccccc1.Cl. The summed E-state index contributed by atoms with van der Waals surface area (Å²) in [6.07, 6.45) is 1.17. The van der Waals surface area contributed by atoms with Crippen molar-refractivity contribution in [2.45, 2.75) is 18.8 Å². The van der Waals surface area contributed by atoms with Crippen LogP contribution < -0.4 is 5.73 Å². The molecule has 0 amide bonds. The molecule has 16 heavy (non-hydrogen) atoms. The molecule has 1 aromatic carbocycles. The number of hydrogen-bond donors (Lipinski definition) is 1. The van der Waals surface area contributed by atoms with Gasteiger partial charge in [-0.05, 0) is 24.4 Å². The molecule has 0 fully saturated rings. The summed E-state index contributed by atoms with van der Waals surface area (Å²) in [4.78, 5) is 11.0. The molecule has 4 heteroatoms. The average Bonchev–Trinajstić information content (AvgIpc) is 2.31. The lowest BCUT2D eigenvalue weighted by molar-refractivity contribution is -0.140. The van der Waals surface area contributed by atoms with Crippen molar-refractivity contribution in [1.82, 2.24) is 0 Å². The van der Waals surface area contributed by atoms with E-state index >= 15 is 0 Å². The van der Waals surface area contributed by atoms with Crippen molar-refractivity contribution in [3.05, 3.63) is 35.9 Å². The molecule has 0 radical (unpaired) electrons. The second-order valence-electron chi connectivity index (χ2n) is 3.46. The van der Waals surface area contributed by atoms with E-state index in [2.05, 4.69) is 4.74 Å². The summed E-state index contributed by atoms with van der Waals surface area (Å²) in [5.41, 5.74) is 6.86. The molecular weight excluding hydrogens is 226 g/mol. The van der Waals surface area contributed by atoms with Gasteiger partial charge in [-0.1, -0.05) is 30.3 Å². The van der Waals surface area contributed by atoms with E-state index in [4.69, 9.17) is 5.73 Å². The van der Waals surface area contributed by atoms with Crippen LogP contribution in [0.2, 0.25) is 0 Å². The van der Waals surface area contributed by atoms with Crippen LogP contribution in [0.5, 0.6) is 0 Å². The van der Waals surface area contributed by atoms with Crippen LogP contribution in [-0.2, 0) is 9.53 Å². The zero-order chi connectivity index (χ0) is 11.1. The Morgan fingerprint density at radius 1 is 1.38 bits per heavy atom. The van der Waals surface area contributed by atoms with E-state index in [1.54, 1.807) is 0 Å². The van der Waals surface area contributed by atoms with Gasteiger partial charge in [-0.15, -0.1) is 12.4 Å². The maximum absolute atomic E-state index is 11.0. The summed E-state index contributed by atoms with van der Waals surface area (Å²) in [5, 5.41) is 0. The van der Waals surface area contributed by atoms with Crippen LogP contribution in [0.15, 0.2) is 30.3 Å². The van der Waals surface area contributed by atoms with Crippen LogP contribution in [0.25, 0.3) is 0 Å². The molecule has 1 unspecified atom stereocenters. The first-order valence-electron chi connectivity index (χ1n) is 5.09. The highest BCUT2D eigenvalue weighted by molar-refractivity contribution is 5.85. The first kappa shape index (κ1) is 14.9. The van der Waals surface area contributed by atoms with Crippen LogP contribution in [0, 0.1) is 0 Å². The lowest BCUT2D eigenvalue weighted by atomic mass is 9.94. The maximum Gasteiger partial charge on any atom is 0.305 e. The molecule has 1 aromatic rings. The summed E-state index contributed by atoms with van der Waals surface area (Å²) in [5.74, 6) is 0.0645. The maximum atomic E-state index is 11.0. The number of hydrogen-bond acceptors (Lipinski definition) is 3. The van der Waals surface area contributed by atoms with E-state index in [9.17, 15) is 4.79 Å². The highest BCUT2D eigenvalue weighted by atomic mass is 35.5. The number of methoxy groups -OCH3 is 1. The topological polar surface area (TPSA) is 52.3 Å². The van der Waals surface area contributed by atoms with E-state index in [-0.39, 0.29) is 24.3 Å². The molecule has 0 heterocycles. The van der Waals surface area contributed by atoms with Crippen molar-refractivity contribution < 1.29 is 9.53 Å². The molecule has 0 aliphatic heterocycles. The molecule has 3 nitrogen and oxygen atoms in total. The number of rotatable bonds is 5. The number of carbonyl (C=O) groups excluding carboxylic acids is 1. The van der Waals surface area contributed by atoms with Crippen LogP contribution in [0.3, 0.4) is 0 Å². The minimum Gasteiger partial charge on any atom is -0.469 e. The number of halogens is 1. The largest absolute Gasteiger partial charge is 0.469 e. The third-order valence-corrected chi connectivity index (χ3v) is 2.48. The molecule has 0 saturated carbocycles. The quantitative estimate of drug-likeness (QED) is 0.806. The lowest BCUT2D eigenvalue weighted by Crippen LogP contribution is -2.14. The fraction of sp³-hybridized carbons (Fsp3) is 0.417. The van der Waals surface area contributed by atoms with Crippen molar-refractivity contribution in [2.75, 3.05) is 13.7 Å². The van der Waals surface area contributed by atoms with Gasteiger partial charge in [0.2, 0.25) is 0 Å². The fourth-order valence-corrected chi connectivity index (χ4v) is 1.54. The fourth-order valence-electron chi connectivity index (χ4n) is 1.54.